The minimum absolute atomic E-state index is 0.334. The molecule has 2 aliphatic rings. The van der Waals surface area contributed by atoms with Gasteiger partial charge in [-0.3, -0.25) is 14.5 Å². The topological polar surface area (TPSA) is 81.8 Å². The molecule has 4 amide bonds. The van der Waals surface area contributed by atoms with Crippen molar-refractivity contribution in [1.29, 1.82) is 0 Å². The molecule has 4 rings (SSSR count). The fraction of sp³-hybridized carbons (Fsp3) is 0.375. The first-order valence-electron chi connectivity index (χ1n) is 10.6. The number of benzene rings is 2. The van der Waals surface area contributed by atoms with Gasteiger partial charge in [-0.2, -0.15) is 0 Å². The Kier molecular flexibility index (Phi) is 5.43. The van der Waals surface area contributed by atoms with E-state index in [1.54, 1.807) is 6.92 Å². The summed E-state index contributed by atoms with van der Waals surface area (Å²) in [6.07, 6.45) is 2.40. The van der Waals surface area contributed by atoms with Gasteiger partial charge in [0.25, 0.3) is 5.91 Å². The van der Waals surface area contributed by atoms with Gasteiger partial charge in [0.2, 0.25) is 5.91 Å². The van der Waals surface area contributed by atoms with Crippen molar-refractivity contribution in [1.82, 2.24) is 10.2 Å². The number of carbonyl (C=O) groups is 3. The summed E-state index contributed by atoms with van der Waals surface area (Å²) in [7, 11) is 0. The van der Waals surface area contributed by atoms with Crippen LogP contribution in [0.5, 0.6) is 0 Å². The fourth-order valence-corrected chi connectivity index (χ4v) is 4.22. The summed E-state index contributed by atoms with van der Waals surface area (Å²) in [5.74, 6) is -0.841. The van der Waals surface area contributed by atoms with Gasteiger partial charge in [-0.25, -0.2) is 4.79 Å². The zero-order valence-electron chi connectivity index (χ0n) is 18.2. The first-order valence-corrected chi connectivity index (χ1v) is 10.6. The van der Waals surface area contributed by atoms with Crippen LogP contribution in [0.25, 0.3) is 0 Å². The number of nitrogens with zero attached hydrogens (tertiary/aromatic N) is 2. The van der Waals surface area contributed by atoms with E-state index >= 15 is 0 Å². The molecule has 7 nitrogen and oxygen atoms in total. The summed E-state index contributed by atoms with van der Waals surface area (Å²) >= 11 is 0. The Balaban J connectivity index is 1.44. The molecule has 2 aliphatic heterocycles. The SMILES string of the molecule is Cc1ccc([C@]2(C)NC(=O)N(CC(=O)Nc3ccc(N4CCCC4)cc3C)C2=O)cc1. The Hall–Kier alpha value is -3.35. The van der Waals surface area contributed by atoms with E-state index in [1.807, 2.05) is 50.2 Å². The summed E-state index contributed by atoms with van der Waals surface area (Å²) in [4.78, 5) is 41.5. The lowest BCUT2D eigenvalue weighted by molar-refractivity contribution is -0.133. The van der Waals surface area contributed by atoms with Crippen molar-refractivity contribution >= 4 is 29.2 Å². The second-order valence-corrected chi connectivity index (χ2v) is 8.55. The van der Waals surface area contributed by atoms with Crippen LogP contribution < -0.4 is 15.5 Å². The van der Waals surface area contributed by atoms with Gasteiger partial charge in [-0.15, -0.1) is 0 Å². The summed E-state index contributed by atoms with van der Waals surface area (Å²) in [5, 5.41) is 5.58. The van der Waals surface area contributed by atoms with Crippen LogP contribution in [-0.2, 0) is 15.1 Å². The number of amides is 4. The second kappa shape index (κ2) is 8.06. The number of anilines is 2. The lowest BCUT2D eigenvalue weighted by atomic mass is 9.91. The van der Waals surface area contributed by atoms with Crippen LogP contribution in [0, 0.1) is 13.8 Å². The van der Waals surface area contributed by atoms with Gasteiger partial charge in [0.05, 0.1) is 0 Å². The fourth-order valence-electron chi connectivity index (χ4n) is 4.22. The third-order valence-electron chi connectivity index (χ3n) is 6.16. The molecule has 0 saturated carbocycles. The normalized spacial score (nSPS) is 20.9. The first-order chi connectivity index (χ1) is 14.8. The molecule has 0 bridgehead atoms. The highest BCUT2D eigenvalue weighted by atomic mass is 16.2. The molecule has 0 unspecified atom stereocenters. The van der Waals surface area contributed by atoms with E-state index in [-0.39, 0.29) is 6.54 Å². The van der Waals surface area contributed by atoms with Crippen LogP contribution in [0.3, 0.4) is 0 Å². The zero-order chi connectivity index (χ0) is 22.2. The molecule has 31 heavy (non-hydrogen) atoms. The lowest BCUT2D eigenvalue weighted by Crippen LogP contribution is -2.42. The van der Waals surface area contributed by atoms with Gasteiger partial charge < -0.3 is 15.5 Å². The number of rotatable bonds is 5. The van der Waals surface area contributed by atoms with Crippen molar-refractivity contribution in [3.8, 4) is 0 Å². The summed E-state index contributed by atoms with van der Waals surface area (Å²) in [5.41, 5.74) is 3.34. The smallest absolute Gasteiger partial charge is 0.325 e. The van der Waals surface area contributed by atoms with Crippen molar-refractivity contribution in [2.75, 3.05) is 29.9 Å². The minimum Gasteiger partial charge on any atom is -0.372 e. The number of aryl methyl sites for hydroxylation is 2. The summed E-state index contributed by atoms with van der Waals surface area (Å²) in [6, 6.07) is 12.8. The molecule has 2 aromatic carbocycles. The van der Waals surface area contributed by atoms with Gasteiger partial charge in [0.1, 0.15) is 12.1 Å². The highest BCUT2D eigenvalue weighted by molar-refractivity contribution is 6.10. The molecular formula is C24H28N4O3. The molecule has 0 aromatic heterocycles. The van der Waals surface area contributed by atoms with Crippen LogP contribution in [0.1, 0.15) is 36.5 Å². The van der Waals surface area contributed by atoms with E-state index < -0.39 is 23.4 Å². The molecule has 162 valence electrons. The number of nitrogens with one attached hydrogen (secondary N) is 2. The molecule has 0 radical (unpaired) electrons. The van der Waals surface area contributed by atoms with E-state index in [9.17, 15) is 14.4 Å². The van der Waals surface area contributed by atoms with Gasteiger partial charge >= 0.3 is 6.03 Å². The van der Waals surface area contributed by atoms with Crippen molar-refractivity contribution in [2.45, 2.75) is 39.2 Å². The number of imide groups is 1. The quantitative estimate of drug-likeness (QED) is 0.727. The van der Waals surface area contributed by atoms with Gasteiger partial charge in [0, 0.05) is 24.5 Å². The predicted octanol–water partition coefficient (Wildman–Crippen LogP) is 3.31. The molecule has 0 aliphatic carbocycles. The Labute approximate surface area is 182 Å². The van der Waals surface area contributed by atoms with Gasteiger partial charge in [0.15, 0.2) is 0 Å². The van der Waals surface area contributed by atoms with Crippen LogP contribution in [0.4, 0.5) is 16.2 Å². The molecule has 2 saturated heterocycles. The molecule has 1 atom stereocenters. The third kappa shape index (κ3) is 4.00. The Morgan fingerprint density at radius 3 is 2.39 bits per heavy atom. The van der Waals surface area contributed by atoms with E-state index in [0.717, 1.165) is 34.8 Å². The molecule has 2 N–H and O–H groups in total. The van der Waals surface area contributed by atoms with Gasteiger partial charge in [-0.1, -0.05) is 29.8 Å². The molecular weight excluding hydrogens is 392 g/mol. The van der Waals surface area contributed by atoms with E-state index in [1.165, 1.54) is 12.8 Å². The maximum atomic E-state index is 13.0. The van der Waals surface area contributed by atoms with Crippen molar-refractivity contribution in [2.24, 2.45) is 0 Å². The van der Waals surface area contributed by atoms with Crippen molar-refractivity contribution in [3.05, 3.63) is 59.2 Å². The molecule has 2 aromatic rings. The zero-order valence-corrected chi connectivity index (χ0v) is 18.2. The maximum Gasteiger partial charge on any atom is 0.325 e. The average molecular weight is 421 g/mol. The highest BCUT2D eigenvalue weighted by Crippen LogP contribution is 2.29. The van der Waals surface area contributed by atoms with Crippen molar-refractivity contribution in [3.63, 3.8) is 0 Å². The number of carbonyl (C=O) groups excluding carboxylic acids is 3. The van der Waals surface area contributed by atoms with Crippen LogP contribution >= 0.6 is 0 Å². The molecule has 2 heterocycles. The Morgan fingerprint density at radius 2 is 1.74 bits per heavy atom. The molecule has 2 fully saturated rings. The van der Waals surface area contributed by atoms with E-state index in [0.29, 0.717) is 11.3 Å². The lowest BCUT2D eigenvalue weighted by Gasteiger charge is -2.22. The predicted molar refractivity (Wildman–Crippen MR) is 120 cm³/mol. The largest absolute Gasteiger partial charge is 0.372 e. The van der Waals surface area contributed by atoms with Gasteiger partial charge in [-0.05, 0) is 62.9 Å². The third-order valence-corrected chi connectivity index (χ3v) is 6.16. The Morgan fingerprint density at radius 1 is 1.06 bits per heavy atom. The maximum absolute atomic E-state index is 13.0. The number of hydrogen-bond acceptors (Lipinski definition) is 4. The standard InChI is InChI=1S/C24H28N4O3/c1-16-6-8-18(9-7-16)24(3)22(30)28(23(31)26-24)15-21(29)25-20-11-10-19(14-17(20)2)27-12-4-5-13-27/h6-11,14H,4-5,12-13,15H2,1-3H3,(H,25,29)(H,26,31)/t24-/m0/s1. The minimum atomic E-state index is -1.18. The highest BCUT2D eigenvalue weighted by Gasteiger charge is 2.49. The molecule has 0 spiro atoms. The summed E-state index contributed by atoms with van der Waals surface area (Å²) in [6.45, 7) is 7.33. The summed E-state index contributed by atoms with van der Waals surface area (Å²) < 4.78 is 0. The number of urea groups is 1. The van der Waals surface area contributed by atoms with Crippen molar-refractivity contribution < 1.29 is 14.4 Å². The van der Waals surface area contributed by atoms with Crippen LogP contribution in [-0.4, -0.2) is 42.4 Å². The second-order valence-electron chi connectivity index (χ2n) is 8.55. The van der Waals surface area contributed by atoms with Crippen LogP contribution in [0.15, 0.2) is 42.5 Å². The number of hydrogen-bond donors (Lipinski definition) is 2. The van der Waals surface area contributed by atoms with E-state index in [2.05, 4.69) is 21.6 Å². The first kappa shape index (κ1) is 20.9. The monoisotopic (exact) mass is 420 g/mol. The van der Waals surface area contributed by atoms with E-state index in [4.69, 9.17) is 0 Å². The Bertz CT molecular complexity index is 1030. The molecule has 7 heteroatoms. The van der Waals surface area contributed by atoms with Crippen LogP contribution in [0.2, 0.25) is 0 Å². The average Bonchev–Trinajstić information content (AvgIpc) is 3.34.